The fourth-order valence-electron chi connectivity index (χ4n) is 12.4. The van der Waals surface area contributed by atoms with Crippen LogP contribution < -0.4 is 17.2 Å². The second kappa shape index (κ2) is 20.9. The molecule has 56 heavy (non-hydrogen) atoms. The molecule has 0 spiro atoms. The summed E-state index contributed by atoms with van der Waals surface area (Å²) < 4.78 is 7.10. The van der Waals surface area contributed by atoms with Gasteiger partial charge in [0.05, 0.1) is 32.7 Å². The summed E-state index contributed by atoms with van der Waals surface area (Å²) in [5.41, 5.74) is 20.2. The van der Waals surface area contributed by atoms with Crippen molar-refractivity contribution in [3.63, 3.8) is 0 Å². The van der Waals surface area contributed by atoms with Crippen LogP contribution in [0.15, 0.2) is 16.6 Å². The molecule has 8 N–H and O–H groups in total. The van der Waals surface area contributed by atoms with Gasteiger partial charge in [-0.3, -0.25) is 10.2 Å². The zero-order valence-corrected chi connectivity index (χ0v) is 37.0. The molecule has 4 rings (SSSR count). The molecular weight excluding hydrogens is 697 g/mol. The lowest BCUT2D eigenvalue weighted by atomic mass is 9.47. The van der Waals surface area contributed by atoms with Gasteiger partial charge in [0.15, 0.2) is 11.9 Å². The molecule has 0 saturated heterocycles. The fraction of sp³-hybridized carbons (Fsp3) is 0.870. The summed E-state index contributed by atoms with van der Waals surface area (Å²) in [7, 11) is 1.86. The number of guanidine groups is 2. The van der Waals surface area contributed by atoms with Crippen LogP contribution >= 0.6 is 0 Å². The van der Waals surface area contributed by atoms with Gasteiger partial charge in [0.25, 0.3) is 0 Å². The van der Waals surface area contributed by atoms with Crippen molar-refractivity contribution in [3.8, 4) is 0 Å². The Morgan fingerprint density at radius 1 is 0.911 bits per heavy atom. The van der Waals surface area contributed by atoms with E-state index >= 15 is 0 Å². The number of allylic oxidation sites excluding steroid dienone is 1. The molecule has 9 unspecified atom stereocenters. The van der Waals surface area contributed by atoms with Crippen molar-refractivity contribution >= 4 is 23.6 Å². The van der Waals surface area contributed by atoms with Gasteiger partial charge in [0, 0.05) is 38.6 Å². The summed E-state index contributed by atoms with van der Waals surface area (Å²) in [4.78, 5) is 19.4. The van der Waals surface area contributed by atoms with Gasteiger partial charge in [0.1, 0.15) is 6.10 Å². The van der Waals surface area contributed by atoms with E-state index in [1.54, 1.807) is 10.5 Å². The summed E-state index contributed by atoms with van der Waals surface area (Å²) in [6.45, 7) is 19.3. The number of fused-ring (bicyclic) bond motifs is 5. The van der Waals surface area contributed by atoms with E-state index in [4.69, 9.17) is 32.8 Å². The molecule has 0 aromatic rings. The Labute approximate surface area is 342 Å². The molecular formula is C46H85N8O2+. The smallest absolute Gasteiger partial charge is 0.306 e. The minimum Gasteiger partial charge on any atom is -0.462 e. The summed E-state index contributed by atoms with van der Waals surface area (Å²) in [6.07, 6.45) is 22.5. The number of nitrogens with one attached hydrogen (secondary N) is 2. The Balaban J connectivity index is 1.30. The molecule has 4 aliphatic rings. The van der Waals surface area contributed by atoms with Crippen LogP contribution in [0.4, 0.5) is 0 Å². The van der Waals surface area contributed by atoms with E-state index in [1.165, 1.54) is 51.4 Å². The number of esters is 1. The number of rotatable bonds is 23. The number of aliphatic imine (C=N–C) groups is 1. The van der Waals surface area contributed by atoms with Crippen LogP contribution in [-0.4, -0.2) is 85.4 Å². The summed E-state index contributed by atoms with van der Waals surface area (Å²) in [5.74, 6) is 5.11. The van der Waals surface area contributed by atoms with Crippen LogP contribution in [-0.2, 0) is 9.53 Å². The minimum atomic E-state index is -0.0519. The first-order valence-corrected chi connectivity index (χ1v) is 22.9. The molecule has 0 bridgehead atoms. The van der Waals surface area contributed by atoms with Crippen molar-refractivity contribution in [1.29, 1.82) is 10.8 Å². The molecule has 0 radical (unpaired) electrons. The van der Waals surface area contributed by atoms with Gasteiger partial charge >= 0.3 is 5.97 Å². The highest BCUT2D eigenvalue weighted by Gasteiger charge is 2.59. The molecule has 0 heterocycles. The van der Waals surface area contributed by atoms with E-state index in [0.29, 0.717) is 30.6 Å². The number of quaternary nitrogens is 1. The summed E-state index contributed by atoms with van der Waals surface area (Å²) >= 11 is 0. The van der Waals surface area contributed by atoms with E-state index < -0.39 is 0 Å². The lowest BCUT2D eigenvalue weighted by Gasteiger charge is -2.58. The van der Waals surface area contributed by atoms with E-state index in [1.807, 2.05) is 14.0 Å². The summed E-state index contributed by atoms with van der Waals surface area (Å²) in [6, 6.07) is 0. The molecule has 0 aliphatic heterocycles. The fourth-order valence-corrected chi connectivity index (χ4v) is 12.4. The standard InChI is InChI=1S/C46H85N8O2/c1-33(2)14-12-15-34(3)39-20-21-40-38-19-18-36-32-37(22-24-45(36,5)41(38)23-25-46(39,40)6)56-42(55)17-9-11-29-54(31-26-52-43(48)49,28-10-8-16-35(4)47)30-13-27-53(7)44(50)51/h18,33-34,37-41,47H,8-17,19-32H2,1-7H3,(H3,50,51)(H4,48,49,52)/q+1. The van der Waals surface area contributed by atoms with Crippen molar-refractivity contribution < 1.29 is 14.0 Å². The van der Waals surface area contributed by atoms with Crippen molar-refractivity contribution in [2.24, 2.45) is 68.5 Å². The third-order valence-corrected chi connectivity index (χ3v) is 15.7. The first-order chi connectivity index (χ1) is 26.5. The maximum Gasteiger partial charge on any atom is 0.306 e. The second-order valence-electron chi connectivity index (χ2n) is 20.0. The van der Waals surface area contributed by atoms with E-state index in [-0.39, 0.29) is 29.4 Å². The van der Waals surface area contributed by atoms with Crippen molar-refractivity contribution in [2.45, 2.75) is 163 Å². The maximum atomic E-state index is 13.3. The Kier molecular flexibility index (Phi) is 17.2. The molecule has 0 aromatic heterocycles. The SMILES string of the molecule is CC(=N)CCCC[N+](CCCCC(=O)OC1CCC2(C)C(=CCC3C2CCC2(C)C(C(C)CCCC(C)C)CCC32)C1)(CCCN(C)C(=N)N)CCN=C(N)N. The van der Waals surface area contributed by atoms with E-state index in [0.717, 1.165) is 124 Å². The number of hydrogen-bond donors (Lipinski definition) is 5. The predicted octanol–water partition coefficient (Wildman–Crippen LogP) is 8.63. The van der Waals surface area contributed by atoms with Crippen molar-refractivity contribution in [2.75, 3.05) is 46.3 Å². The quantitative estimate of drug-likeness (QED) is 0.0174. The van der Waals surface area contributed by atoms with Crippen LogP contribution in [0.1, 0.15) is 157 Å². The maximum absolute atomic E-state index is 13.3. The zero-order valence-electron chi connectivity index (χ0n) is 37.0. The highest BCUT2D eigenvalue weighted by atomic mass is 16.5. The van der Waals surface area contributed by atoms with Crippen molar-refractivity contribution in [1.82, 2.24) is 4.90 Å². The van der Waals surface area contributed by atoms with Gasteiger partial charge in [-0.25, -0.2) is 4.99 Å². The third kappa shape index (κ3) is 12.2. The number of nitrogens with two attached hydrogens (primary N) is 3. The lowest BCUT2D eigenvalue weighted by molar-refractivity contribution is -0.927. The van der Waals surface area contributed by atoms with Crippen LogP contribution in [0, 0.1) is 57.2 Å². The number of nitrogens with zero attached hydrogens (tertiary/aromatic N) is 3. The molecule has 0 amide bonds. The van der Waals surface area contributed by atoms with Gasteiger partial charge in [-0.15, -0.1) is 0 Å². The topological polar surface area (TPSA) is 168 Å². The van der Waals surface area contributed by atoms with Crippen LogP contribution in [0.5, 0.6) is 0 Å². The molecule has 3 fully saturated rings. The average molecular weight is 782 g/mol. The molecule has 3 saturated carbocycles. The Morgan fingerprint density at radius 2 is 1.61 bits per heavy atom. The second-order valence-corrected chi connectivity index (χ2v) is 20.0. The Hall–Kier alpha value is -2.62. The van der Waals surface area contributed by atoms with Gasteiger partial charge < -0.3 is 36.7 Å². The number of hydrogen-bond acceptors (Lipinski definition) is 5. The van der Waals surface area contributed by atoms with Crippen LogP contribution in [0.25, 0.3) is 0 Å². The number of carbonyl (C=O) groups excluding carboxylic acids is 1. The monoisotopic (exact) mass is 782 g/mol. The van der Waals surface area contributed by atoms with Gasteiger partial charge in [-0.05, 0) is 130 Å². The first kappa shape index (κ1) is 46.1. The Bertz CT molecular complexity index is 1360. The highest BCUT2D eigenvalue weighted by molar-refractivity contribution is 5.78. The Morgan fingerprint density at radius 3 is 2.27 bits per heavy atom. The minimum absolute atomic E-state index is 0.000187. The molecule has 320 valence electrons. The molecule has 4 aliphatic carbocycles. The molecule has 10 nitrogen and oxygen atoms in total. The highest BCUT2D eigenvalue weighted by Crippen LogP contribution is 2.67. The normalized spacial score (nSPS) is 29.9. The molecule has 9 atom stereocenters. The molecule has 10 heteroatoms. The number of unbranched alkanes of at least 4 members (excludes halogenated alkanes) is 2. The van der Waals surface area contributed by atoms with E-state index in [9.17, 15) is 4.79 Å². The van der Waals surface area contributed by atoms with Gasteiger partial charge in [-0.1, -0.05) is 65.5 Å². The largest absolute Gasteiger partial charge is 0.462 e. The van der Waals surface area contributed by atoms with Crippen molar-refractivity contribution in [3.05, 3.63) is 11.6 Å². The van der Waals surface area contributed by atoms with Crippen LogP contribution in [0.3, 0.4) is 0 Å². The number of carbonyl (C=O) groups is 1. The summed E-state index contributed by atoms with van der Waals surface area (Å²) in [5, 5.41) is 15.7. The number of ether oxygens (including phenoxy) is 1. The lowest BCUT2D eigenvalue weighted by Crippen LogP contribution is -2.52. The average Bonchev–Trinajstić information content (AvgIpc) is 3.49. The van der Waals surface area contributed by atoms with E-state index in [2.05, 4.69) is 45.7 Å². The first-order valence-electron chi connectivity index (χ1n) is 22.9. The zero-order chi connectivity index (χ0) is 41.1. The van der Waals surface area contributed by atoms with Gasteiger partial charge in [-0.2, -0.15) is 0 Å². The molecule has 0 aromatic carbocycles. The van der Waals surface area contributed by atoms with Crippen LogP contribution in [0.2, 0.25) is 0 Å². The predicted molar refractivity (Wildman–Crippen MR) is 234 cm³/mol. The third-order valence-electron chi connectivity index (χ3n) is 15.7. The van der Waals surface area contributed by atoms with Gasteiger partial charge in [0.2, 0.25) is 0 Å².